The van der Waals surface area contributed by atoms with E-state index in [1.807, 2.05) is 24.3 Å². The summed E-state index contributed by atoms with van der Waals surface area (Å²) in [5, 5.41) is 6.42. The minimum absolute atomic E-state index is 0.161. The number of anilines is 1. The smallest absolute Gasteiger partial charge is 0.259 e. The highest BCUT2D eigenvalue weighted by molar-refractivity contribution is 5.96. The van der Waals surface area contributed by atoms with Crippen LogP contribution < -0.4 is 15.6 Å². The van der Waals surface area contributed by atoms with Crippen LogP contribution in [0.25, 0.3) is 0 Å². The Balaban J connectivity index is 1.79. The zero-order valence-corrected chi connectivity index (χ0v) is 15.0. The molecule has 7 nitrogen and oxygen atoms in total. The molecule has 2 rings (SSSR count). The van der Waals surface area contributed by atoms with Gasteiger partial charge in [-0.1, -0.05) is 12.1 Å². The summed E-state index contributed by atoms with van der Waals surface area (Å²) in [7, 11) is 0. The van der Waals surface area contributed by atoms with Crippen LogP contribution in [0.3, 0.4) is 0 Å². The van der Waals surface area contributed by atoms with Gasteiger partial charge in [-0.3, -0.25) is 14.6 Å². The fraction of sp³-hybridized carbons (Fsp3) is 0.263. The number of carbonyl (C=O) groups excluding carboxylic acids is 2. The normalized spacial score (nSPS) is 10.5. The summed E-state index contributed by atoms with van der Waals surface area (Å²) in [5.41, 5.74) is 4.81. The molecule has 1 heterocycles. The molecule has 136 valence electrons. The molecule has 0 saturated heterocycles. The number of amides is 2. The van der Waals surface area contributed by atoms with Crippen LogP contribution in [0.5, 0.6) is 0 Å². The number of nitrogens with zero attached hydrogens (tertiary/aromatic N) is 3. The van der Waals surface area contributed by atoms with Crippen molar-refractivity contribution in [2.45, 2.75) is 13.8 Å². The summed E-state index contributed by atoms with van der Waals surface area (Å²) in [6.07, 6.45) is 4.58. The monoisotopic (exact) mass is 353 g/mol. The van der Waals surface area contributed by atoms with Gasteiger partial charge >= 0.3 is 0 Å². The molecule has 0 aliphatic heterocycles. The average Bonchev–Trinajstić information content (AvgIpc) is 2.69. The maximum absolute atomic E-state index is 11.8. The van der Waals surface area contributed by atoms with Crippen LogP contribution in [-0.4, -0.2) is 42.6 Å². The van der Waals surface area contributed by atoms with Gasteiger partial charge in [0.2, 0.25) is 0 Å². The van der Waals surface area contributed by atoms with Crippen LogP contribution in [0.15, 0.2) is 53.9 Å². The van der Waals surface area contributed by atoms with Crippen molar-refractivity contribution in [2.75, 3.05) is 24.5 Å². The minimum Gasteiger partial charge on any atom is -0.372 e. The molecule has 0 aliphatic rings. The van der Waals surface area contributed by atoms with E-state index in [2.05, 4.69) is 39.6 Å². The lowest BCUT2D eigenvalue weighted by Gasteiger charge is -2.20. The summed E-state index contributed by atoms with van der Waals surface area (Å²) >= 11 is 0. The van der Waals surface area contributed by atoms with Crippen molar-refractivity contribution >= 4 is 23.7 Å². The van der Waals surface area contributed by atoms with E-state index in [0.29, 0.717) is 5.56 Å². The van der Waals surface area contributed by atoms with Crippen LogP contribution in [-0.2, 0) is 4.79 Å². The fourth-order valence-corrected chi connectivity index (χ4v) is 2.34. The number of hydrogen-bond donors (Lipinski definition) is 2. The summed E-state index contributed by atoms with van der Waals surface area (Å²) in [4.78, 5) is 29.6. The molecule has 1 aromatic carbocycles. The van der Waals surface area contributed by atoms with Crippen LogP contribution in [0.1, 0.15) is 29.8 Å². The van der Waals surface area contributed by atoms with Crippen molar-refractivity contribution in [3.05, 3.63) is 59.9 Å². The van der Waals surface area contributed by atoms with E-state index in [-0.39, 0.29) is 12.5 Å². The summed E-state index contributed by atoms with van der Waals surface area (Å²) in [5.74, 6) is -0.762. The first-order valence-corrected chi connectivity index (χ1v) is 8.49. The highest BCUT2D eigenvalue weighted by Gasteiger charge is 2.07. The Morgan fingerprint density at radius 3 is 2.50 bits per heavy atom. The van der Waals surface area contributed by atoms with Crippen molar-refractivity contribution in [3.8, 4) is 0 Å². The zero-order valence-electron chi connectivity index (χ0n) is 15.0. The first-order valence-electron chi connectivity index (χ1n) is 8.49. The first-order chi connectivity index (χ1) is 12.6. The van der Waals surface area contributed by atoms with E-state index in [1.54, 1.807) is 24.5 Å². The predicted molar refractivity (Wildman–Crippen MR) is 102 cm³/mol. The summed E-state index contributed by atoms with van der Waals surface area (Å²) in [6, 6.07) is 11.2. The Kier molecular flexibility index (Phi) is 7.30. The van der Waals surface area contributed by atoms with Crippen molar-refractivity contribution in [1.29, 1.82) is 0 Å². The van der Waals surface area contributed by atoms with Crippen molar-refractivity contribution in [1.82, 2.24) is 15.7 Å². The largest absolute Gasteiger partial charge is 0.372 e. The number of rotatable bonds is 8. The molecule has 26 heavy (non-hydrogen) atoms. The van der Waals surface area contributed by atoms with E-state index >= 15 is 0 Å². The highest BCUT2D eigenvalue weighted by Crippen LogP contribution is 2.13. The molecule has 0 bridgehead atoms. The maximum atomic E-state index is 11.8. The minimum atomic E-state index is -0.404. The molecular weight excluding hydrogens is 330 g/mol. The molecule has 0 atom stereocenters. The van der Waals surface area contributed by atoms with Gasteiger partial charge in [0.05, 0.1) is 18.3 Å². The van der Waals surface area contributed by atoms with E-state index in [0.717, 1.165) is 24.3 Å². The number of hydrogen-bond acceptors (Lipinski definition) is 5. The number of hydrazone groups is 1. The molecular formula is C19H23N5O2. The third-order valence-electron chi connectivity index (χ3n) is 3.76. The van der Waals surface area contributed by atoms with Gasteiger partial charge in [0.1, 0.15) is 0 Å². The molecule has 0 radical (unpaired) electrons. The third kappa shape index (κ3) is 5.70. The number of aromatic nitrogens is 1. The van der Waals surface area contributed by atoms with Crippen LogP contribution in [0.2, 0.25) is 0 Å². The van der Waals surface area contributed by atoms with E-state index < -0.39 is 5.91 Å². The quantitative estimate of drug-likeness (QED) is 0.560. The third-order valence-corrected chi connectivity index (χ3v) is 3.76. The van der Waals surface area contributed by atoms with Gasteiger partial charge < -0.3 is 10.2 Å². The molecule has 0 spiro atoms. The lowest BCUT2D eigenvalue weighted by atomic mass is 10.2. The molecule has 7 heteroatoms. The Bertz CT molecular complexity index is 740. The molecule has 0 saturated carbocycles. The fourth-order valence-electron chi connectivity index (χ4n) is 2.34. The van der Waals surface area contributed by atoms with Crippen molar-refractivity contribution < 1.29 is 9.59 Å². The number of pyridine rings is 1. The topological polar surface area (TPSA) is 86.7 Å². The van der Waals surface area contributed by atoms with E-state index in [1.165, 1.54) is 6.20 Å². The molecule has 0 aliphatic carbocycles. The van der Waals surface area contributed by atoms with E-state index in [4.69, 9.17) is 0 Å². The number of benzene rings is 1. The number of carbonyl (C=O) groups is 2. The lowest BCUT2D eigenvalue weighted by Crippen LogP contribution is -2.34. The zero-order chi connectivity index (χ0) is 18.8. The predicted octanol–water partition coefficient (Wildman–Crippen LogP) is 1.81. The van der Waals surface area contributed by atoms with Crippen LogP contribution >= 0.6 is 0 Å². The second kappa shape index (κ2) is 9.93. The SMILES string of the molecule is CCN(CC)c1ccc(/C=N\NC(=O)CNC(=O)c2cccnc2)cc1. The van der Waals surface area contributed by atoms with Gasteiger partial charge in [-0.15, -0.1) is 0 Å². The molecule has 2 N–H and O–H groups in total. The van der Waals surface area contributed by atoms with Gasteiger partial charge in [0, 0.05) is 31.2 Å². The molecule has 2 aromatic rings. The van der Waals surface area contributed by atoms with Crippen molar-refractivity contribution in [2.24, 2.45) is 5.10 Å². The van der Waals surface area contributed by atoms with Gasteiger partial charge in [0.25, 0.3) is 11.8 Å². The first kappa shape index (κ1) is 19.1. The molecule has 2 amide bonds. The summed E-state index contributed by atoms with van der Waals surface area (Å²) < 4.78 is 0. The van der Waals surface area contributed by atoms with Gasteiger partial charge in [-0.2, -0.15) is 5.10 Å². The average molecular weight is 353 g/mol. The van der Waals surface area contributed by atoms with Gasteiger partial charge in [-0.25, -0.2) is 5.43 Å². The second-order valence-corrected chi connectivity index (χ2v) is 5.48. The maximum Gasteiger partial charge on any atom is 0.259 e. The Hall–Kier alpha value is -3.22. The van der Waals surface area contributed by atoms with Crippen LogP contribution in [0, 0.1) is 0 Å². The van der Waals surface area contributed by atoms with Gasteiger partial charge in [-0.05, 0) is 43.7 Å². The van der Waals surface area contributed by atoms with E-state index in [9.17, 15) is 9.59 Å². The highest BCUT2D eigenvalue weighted by atomic mass is 16.2. The Morgan fingerprint density at radius 2 is 1.88 bits per heavy atom. The van der Waals surface area contributed by atoms with Gasteiger partial charge in [0.15, 0.2) is 0 Å². The van der Waals surface area contributed by atoms with Crippen LogP contribution in [0.4, 0.5) is 5.69 Å². The van der Waals surface area contributed by atoms with Crippen molar-refractivity contribution in [3.63, 3.8) is 0 Å². The molecule has 0 unspecified atom stereocenters. The lowest BCUT2D eigenvalue weighted by molar-refractivity contribution is -0.120. The molecule has 1 aromatic heterocycles. The second-order valence-electron chi connectivity index (χ2n) is 5.48. The summed E-state index contributed by atoms with van der Waals surface area (Å²) in [6.45, 7) is 5.96. The number of nitrogens with one attached hydrogen (secondary N) is 2. The Labute approximate surface area is 153 Å². The molecule has 0 fully saturated rings. The standard InChI is InChI=1S/C19H23N5O2/c1-3-24(4-2)17-9-7-15(8-10-17)12-22-23-18(25)14-21-19(26)16-6-5-11-20-13-16/h5-13H,3-4,14H2,1-2H3,(H,21,26)(H,23,25)/b22-12-. The Morgan fingerprint density at radius 1 is 1.15 bits per heavy atom.